The highest BCUT2D eigenvalue weighted by atomic mass is 19.3. The summed E-state index contributed by atoms with van der Waals surface area (Å²) in [6.07, 6.45) is -3.37. The number of benzene rings is 2. The van der Waals surface area contributed by atoms with E-state index in [-0.39, 0.29) is 11.4 Å². The molecule has 2 unspecified atom stereocenters. The van der Waals surface area contributed by atoms with Crippen molar-refractivity contribution in [3.8, 4) is 11.1 Å². The lowest BCUT2D eigenvalue weighted by Crippen LogP contribution is -2.61. The van der Waals surface area contributed by atoms with Crippen molar-refractivity contribution in [2.75, 3.05) is 0 Å². The van der Waals surface area contributed by atoms with Gasteiger partial charge in [0.2, 0.25) is 0 Å². The van der Waals surface area contributed by atoms with E-state index in [4.69, 9.17) is 15.8 Å². The van der Waals surface area contributed by atoms with Gasteiger partial charge in [-0.1, -0.05) is 36.4 Å². The van der Waals surface area contributed by atoms with Crippen LogP contribution in [0.3, 0.4) is 0 Å². The molecule has 0 aliphatic heterocycles. The second-order valence-electron chi connectivity index (χ2n) is 6.55. The number of hydrogen-bond donors (Lipinski definition) is 7. The first-order valence-electron chi connectivity index (χ1n) is 8.56. The molecule has 160 valence electrons. The van der Waals surface area contributed by atoms with Crippen LogP contribution in [0.25, 0.3) is 11.1 Å². The summed E-state index contributed by atoms with van der Waals surface area (Å²) in [4.78, 5) is 24.0. The number of carbonyl (C=O) groups is 2. The van der Waals surface area contributed by atoms with Crippen LogP contribution >= 0.6 is 0 Å². The van der Waals surface area contributed by atoms with Crippen molar-refractivity contribution in [3.63, 3.8) is 0 Å². The second-order valence-corrected chi connectivity index (χ2v) is 6.55. The molecule has 0 spiro atoms. The highest BCUT2D eigenvalue weighted by molar-refractivity contribution is 5.98. The van der Waals surface area contributed by atoms with Crippen molar-refractivity contribution in [2.45, 2.75) is 25.0 Å². The summed E-state index contributed by atoms with van der Waals surface area (Å²) >= 11 is 0. The van der Waals surface area contributed by atoms with Gasteiger partial charge in [-0.05, 0) is 30.2 Å². The van der Waals surface area contributed by atoms with Crippen molar-refractivity contribution in [1.82, 2.24) is 16.3 Å². The molecule has 0 heterocycles. The number of hydrogen-bond acceptors (Lipinski definition) is 6. The molecule has 30 heavy (non-hydrogen) atoms. The smallest absolute Gasteiger partial charge is 0.269 e. The number of aliphatic hydroxyl groups is 1. The molecule has 9 nitrogen and oxygen atoms in total. The Kier molecular flexibility index (Phi) is 7.16. The SMILES string of the molecule is CC(O)(C(F)F)C(NC(=O)c1ccc(-c2ccc(C(=N)NO)cc2)cc1)C(=O)NO. The highest BCUT2D eigenvalue weighted by Crippen LogP contribution is 2.22. The minimum atomic E-state index is -3.37. The van der Waals surface area contributed by atoms with Crippen molar-refractivity contribution in [2.24, 2.45) is 0 Å². The molecule has 0 aliphatic carbocycles. The first-order chi connectivity index (χ1) is 14.1. The summed E-state index contributed by atoms with van der Waals surface area (Å²) in [6.45, 7) is 0.663. The quantitative estimate of drug-likeness (QED) is 0.154. The Morgan fingerprint density at radius 3 is 1.80 bits per heavy atom. The third-order valence-corrected chi connectivity index (χ3v) is 4.44. The van der Waals surface area contributed by atoms with E-state index in [0.717, 1.165) is 11.0 Å². The minimum absolute atomic E-state index is 0.0300. The maximum absolute atomic E-state index is 13.1. The van der Waals surface area contributed by atoms with E-state index < -0.39 is 29.9 Å². The fraction of sp³-hybridized carbons (Fsp3) is 0.211. The Hall–Kier alpha value is -3.41. The van der Waals surface area contributed by atoms with E-state index in [2.05, 4.69) is 0 Å². The zero-order valence-electron chi connectivity index (χ0n) is 15.7. The molecule has 0 radical (unpaired) electrons. The van der Waals surface area contributed by atoms with Gasteiger partial charge in [0.25, 0.3) is 18.2 Å². The number of hydroxylamine groups is 2. The van der Waals surface area contributed by atoms with Crippen LogP contribution in [0, 0.1) is 5.41 Å². The third-order valence-electron chi connectivity index (χ3n) is 4.44. The Morgan fingerprint density at radius 2 is 1.40 bits per heavy atom. The Labute approximate surface area is 169 Å². The van der Waals surface area contributed by atoms with Gasteiger partial charge in [-0.2, -0.15) is 0 Å². The molecular formula is C19H20F2N4O5. The van der Waals surface area contributed by atoms with Crippen LogP contribution in [-0.4, -0.2) is 51.2 Å². The van der Waals surface area contributed by atoms with Crippen molar-refractivity contribution in [1.29, 1.82) is 5.41 Å². The Balaban J connectivity index is 2.19. The molecule has 0 bridgehead atoms. The minimum Gasteiger partial charge on any atom is -0.381 e. The maximum atomic E-state index is 13.1. The van der Waals surface area contributed by atoms with Crippen LogP contribution in [0.2, 0.25) is 0 Å². The van der Waals surface area contributed by atoms with Crippen LogP contribution in [0.4, 0.5) is 8.78 Å². The second kappa shape index (κ2) is 9.39. The predicted molar refractivity (Wildman–Crippen MR) is 101 cm³/mol. The molecule has 0 fully saturated rings. The molecule has 0 saturated heterocycles. The molecule has 2 aromatic carbocycles. The largest absolute Gasteiger partial charge is 0.381 e. The Morgan fingerprint density at radius 1 is 0.933 bits per heavy atom. The van der Waals surface area contributed by atoms with E-state index in [0.29, 0.717) is 18.1 Å². The van der Waals surface area contributed by atoms with Gasteiger partial charge in [0.1, 0.15) is 11.9 Å². The molecule has 2 amide bonds. The van der Waals surface area contributed by atoms with E-state index >= 15 is 0 Å². The molecule has 2 rings (SSSR count). The zero-order chi connectivity index (χ0) is 22.5. The van der Waals surface area contributed by atoms with Gasteiger partial charge in [0.15, 0.2) is 5.60 Å². The topological polar surface area (TPSA) is 155 Å². The molecule has 11 heteroatoms. The van der Waals surface area contributed by atoms with Crippen LogP contribution in [-0.2, 0) is 4.79 Å². The van der Waals surface area contributed by atoms with Gasteiger partial charge in [-0.15, -0.1) is 0 Å². The Bertz CT molecular complexity index is 918. The summed E-state index contributed by atoms with van der Waals surface area (Å²) in [5.74, 6) is -2.48. The summed E-state index contributed by atoms with van der Waals surface area (Å²) in [6, 6.07) is 10.4. The number of alkyl halides is 2. The molecule has 0 aliphatic rings. The monoisotopic (exact) mass is 422 g/mol. The average molecular weight is 422 g/mol. The fourth-order valence-electron chi connectivity index (χ4n) is 2.59. The van der Waals surface area contributed by atoms with Gasteiger partial charge in [0, 0.05) is 11.1 Å². The lowest BCUT2D eigenvalue weighted by atomic mass is 9.95. The fourth-order valence-corrected chi connectivity index (χ4v) is 2.59. The first-order valence-corrected chi connectivity index (χ1v) is 8.56. The molecule has 2 atom stereocenters. The third kappa shape index (κ3) is 4.95. The zero-order valence-corrected chi connectivity index (χ0v) is 15.7. The predicted octanol–water partition coefficient (Wildman–Crippen LogP) is 1.28. The van der Waals surface area contributed by atoms with Crippen molar-refractivity contribution < 1.29 is 33.9 Å². The van der Waals surface area contributed by atoms with Crippen LogP contribution in [0.1, 0.15) is 22.8 Å². The normalized spacial score (nSPS) is 13.8. The van der Waals surface area contributed by atoms with Crippen molar-refractivity contribution >= 4 is 17.6 Å². The van der Waals surface area contributed by atoms with Crippen LogP contribution in [0.15, 0.2) is 48.5 Å². The maximum Gasteiger partial charge on any atom is 0.269 e. The van der Waals surface area contributed by atoms with Gasteiger partial charge >= 0.3 is 0 Å². The molecule has 0 saturated carbocycles. The number of halogens is 2. The number of rotatable bonds is 7. The van der Waals surface area contributed by atoms with E-state index in [1.165, 1.54) is 12.1 Å². The van der Waals surface area contributed by atoms with Gasteiger partial charge in [-0.25, -0.2) is 14.3 Å². The molecule has 7 N–H and O–H groups in total. The standard InChI is InChI=1S/C19H20F2N4O5/c1-19(28,18(20)21)14(17(27)25-30)23-16(26)13-8-4-11(5-9-13)10-2-6-12(7-3-10)15(22)24-29/h2-9,14,18,28-30H,1H3,(H2,22,24)(H,23,26)(H,25,27). The number of amidine groups is 1. The number of nitrogens with one attached hydrogen (secondary N) is 4. The highest BCUT2D eigenvalue weighted by Gasteiger charge is 2.46. The summed E-state index contributed by atoms with van der Waals surface area (Å²) in [5.41, 5.74) is 1.90. The van der Waals surface area contributed by atoms with Crippen LogP contribution < -0.4 is 16.3 Å². The van der Waals surface area contributed by atoms with Crippen molar-refractivity contribution in [3.05, 3.63) is 59.7 Å². The van der Waals surface area contributed by atoms with E-state index in [1.54, 1.807) is 41.9 Å². The summed E-state index contributed by atoms with van der Waals surface area (Å²) < 4.78 is 26.1. The average Bonchev–Trinajstić information content (AvgIpc) is 2.76. The number of amides is 2. The lowest BCUT2D eigenvalue weighted by Gasteiger charge is -2.30. The molecule has 0 aromatic heterocycles. The van der Waals surface area contributed by atoms with Gasteiger partial charge in [-0.3, -0.25) is 30.9 Å². The lowest BCUT2D eigenvalue weighted by molar-refractivity contribution is -0.149. The van der Waals surface area contributed by atoms with Gasteiger partial charge < -0.3 is 10.4 Å². The van der Waals surface area contributed by atoms with Gasteiger partial charge in [0.05, 0.1) is 0 Å². The van der Waals surface area contributed by atoms with E-state index in [1.807, 2.05) is 5.32 Å². The first kappa shape index (κ1) is 22.9. The summed E-state index contributed by atoms with van der Waals surface area (Å²) in [7, 11) is 0. The summed E-state index contributed by atoms with van der Waals surface area (Å²) in [5, 5.41) is 36.8. The molecule has 2 aromatic rings. The number of carbonyl (C=O) groups excluding carboxylic acids is 2. The van der Waals surface area contributed by atoms with Crippen LogP contribution in [0.5, 0.6) is 0 Å². The van der Waals surface area contributed by atoms with E-state index in [9.17, 15) is 23.5 Å². The molecular weight excluding hydrogens is 402 g/mol.